The van der Waals surface area contributed by atoms with Crippen LogP contribution in [0.25, 0.3) is 28.0 Å². The monoisotopic (exact) mass is 449 g/mol. The van der Waals surface area contributed by atoms with Crippen LogP contribution in [0.4, 0.5) is 14.6 Å². The van der Waals surface area contributed by atoms with Gasteiger partial charge in [0.2, 0.25) is 0 Å². The number of anilines is 1. The molecule has 4 aromatic rings. The minimum absolute atomic E-state index is 0.110. The first-order chi connectivity index (χ1) is 16.1. The molecule has 5 rings (SSSR count). The van der Waals surface area contributed by atoms with Gasteiger partial charge in [0.25, 0.3) is 0 Å². The molecule has 1 aliphatic rings. The maximum atomic E-state index is 14.8. The summed E-state index contributed by atoms with van der Waals surface area (Å²) in [5, 5.41) is 13.9. The first-order valence-corrected chi connectivity index (χ1v) is 11.0. The Bertz CT molecular complexity index is 1260. The number of β-amino-alcohol motifs (C(OH)–C–C–N with tert-alkyl or cyclic N) is 1. The number of benzene rings is 2. The normalized spacial score (nSPS) is 14.8. The van der Waals surface area contributed by atoms with Crippen molar-refractivity contribution < 1.29 is 13.9 Å². The van der Waals surface area contributed by atoms with Crippen molar-refractivity contribution in [1.82, 2.24) is 19.5 Å². The Morgan fingerprint density at radius 2 is 1.61 bits per heavy atom. The van der Waals surface area contributed by atoms with Crippen molar-refractivity contribution in [3.05, 3.63) is 71.9 Å². The van der Waals surface area contributed by atoms with Crippen LogP contribution < -0.4 is 4.90 Å². The molecule has 0 aliphatic carbocycles. The third kappa shape index (κ3) is 3.96. The van der Waals surface area contributed by atoms with Gasteiger partial charge in [-0.25, -0.2) is 13.8 Å². The van der Waals surface area contributed by atoms with Gasteiger partial charge < -0.3 is 10.0 Å². The summed E-state index contributed by atoms with van der Waals surface area (Å²) < 4.78 is 31.2. The molecule has 1 N–H and O–H groups in total. The summed E-state index contributed by atoms with van der Waals surface area (Å²) in [6, 6.07) is 15.6. The van der Waals surface area contributed by atoms with E-state index in [0.717, 1.165) is 37.6 Å². The molecule has 33 heavy (non-hydrogen) atoms. The molecule has 0 radical (unpaired) electrons. The lowest BCUT2D eigenvalue weighted by atomic mass is 10.0. The average molecular weight is 450 g/mol. The molecular weight excluding hydrogens is 424 g/mol. The van der Waals surface area contributed by atoms with Crippen LogP contribution in [0, 0.1) is 18.6 Å². The smallest absolute Gasteiger partial charge is 0.166 e. The molecule has 0 saturated carbocycles. The quantitative estimate of drug-likeness (QED) is 0.503. The first kappa shape index (κ1) is 21.5. The molecule has 0 atom stereocenters. The van der Waals surface area contributed by atoms with Gasteiger partial charge in [-0.1, -0.05) is 36.4 Å². The average Bonchev–Trinajstić information content (AvgIpc) is 3.15. The van der Waals surface area contributed by atoms with E-state index in [1.165, 1.54) is 18.2 Å². The zero-order valence-electron chi connectivity index (χ0n) is 18.4. The van der Waals surface area contributed by atoms with E-state index in [9.17, 15) is 13.9 Å². The van der Waals surface area contributed by atoms with Gasteiger partial charge in [0, 0.05) is 44.4 Å². The first-order valence-electron chi connectivity index (χ1n) is 11.0. The second kappa shape index (κ2) is 8.88. The van der Waals surface area contributed by atoms with Gasteiger partial charge in [-0.3, -0.25) is 4.90 Å². The van der Waals surface area contributed by atoms with Crippen LogP contribution in [0.1, 0.15) is 5.69 Å². The molecule has 3 heterocycles. The van der Waals surface area contributed by atoms with Crippen LogP contribution in [0.5, 0.6) is 0 Å². The SMILES string of the molecule is Cc1nn2c(N3CCN(CCO)CC3)cc(-c3ccccc3)nc2c1-c1c(F)cccc1F. The number of hydrogen-bond acceptors (Lipinski definition) is 5. The van der Waals surface area contributed by atoms with E-state index in [4.69, 9.17) is 4.98 Å². The molecule has 0 spiro atoms. The fraction of sp³-hybridized carbons (Fsp3) is 0.280. The van der Waals surface area contributed by atoms with Gasteiger partial charge in [0.15, 0.2) is 5.65 Å². The lowest BCUT2D eigenvalue weighted by molar-refractivity contribution is 0.188. The minimum atomic E-state index is -0.640. The fourth-order valence-corrected chi connectivity index (χ4v) is 4.46. The summed E-state index contributed by atoms with van der Waals surface area (Å²) in [6.07, 6.45) is 0. The van der Waals surface area contributed by atoms with E-state index in [1.54, 1.807) is 11.4 Å². The molecule has 0 amide bonds. The molecule has 6 nitrogen and oxygen atoms in total. The van der Waals surface area contributed by atoms with Gasteiger partial charge in [0.1, 0.15) is 17.5 Å². The van der Waals surface area contributed by atoms with E-state index in [-0.39, 0.29) is 12.2 Å². The highest BCUT2D eigenvalue weighted by Crippen LogP contribution is 2.35. The molecule has 1 fully saturated rings. The van der Waals surface area contributed by atoms with Crippen LogP contribution in [0.15, 0.2) is 54.6 Å². The highest BCUT2D eigenvalue weighted by atomic mass is 19.1. The number of aliphatic hydroxyl groups excluding tert-OH is 1. The van der Waals surface area contributed by atoms with E-state index >= 15 is 0 Å². The van der Waals surface area contributed by atoms with E-state index in [1.807, 2.05) is 36.4 Å². The van der Waals surface area contributed by atoms with Crippen LogP contribution in [0.2, 0.25) is 0 Å². The van der Waals surface area contributed by atoms with E-state index in [2.05, 4.69) is 14.9 Å². The molecule has 0 bridgehead atoms. The predicted octanol–water partition coefficient (Wildman–Crippen LogP) is 3.76. The number of aromatic nitrogens is 3. The van der Waals surface area contributed by atoms with Crippen molar-refractivity contribution in [1.29, 1.82) is 0 Å². The number of aryl methyl sites for hydroxylation is 1. The number of halogens is 2. The van der Waals surface area contributed by atoms with Crippen molar-refractivity contribution in [2.24, 2.45) is 0 Å². The summed E-state index contributed by atoms with van der Waals surface area (Å²) in [5.74, 6) is -0.452. The standard InChI is InChI=1S/C25H25F2N5O/c1-17-23(24-19(26)8-5-9-20(24)27)25-28-21(18-6-3-2-4-7-18)16-22(32(25)29-17)31-12-10-30(11-13-31)14-15-33/h2-9,16,33H,10-15H2,1H3. The summed E-state index contributed by atoms with van der Waals surface area (Å²) in [4.78, 5) is 9.24. The Kier molecular flexibility index (Phi) is 5.78. The van der Waals surface area contributed by atoms with Crippen LogP contribution in [0.3, 0.4) is 0 Å². The highest BCUT2D eigenvalue weighted by Gasteiger charge is 2.25. The van der Waals surface area contributed by atoms with E-state index < -0.39 is 11.6 Å². The van der Waals surface area contributed by atoms with Crippen molar-refractivity contribution in [2.75, 3.05) is 44.2 Å². The van der Waals surface area contributed by atoms with Crippen molar-refractivity contribution >= 4 is 11.5 Å². The number of aliphatic hydroxyl groups is 1. The van der Waals surface area contributed by atoms with Crippen molar-refractivity contribution in [3.8, 4) is 22.4 Å². The molecule has 170 valence electrons. The second-order valence-corrected chi connectivity index (χ2v) is 8.21. The topological polar surface area (TPSA) is 56.9 Å². The molecule has 8 heteroatoms. The third-order valence-electron chi connectivity index (χ3n) is 6.14. The minimum Gasteiger partial charge on any atom is -0.395 e. The zero-order chi connectivity index (χ0) is 22.9. The van der Waals surface area contributed by atoms with Gasteiger partial charge in [-0.05, 0) is 19.1 Å². The fourth-order valence-electron chi connectivity index (χ4n) is 4.46. The highest BCUT2D eigenvalue weighted by molar-refractivity contribution is 5.83. The zero-order valence-corrected chi connectivity index (χ0v) is 18.4. The van der Waals surface area contributed by atoms with Gasteiger partial charge >= 0.3 is 0 Å². The summed E-state index contributed by atoms with van der Waals surface area (Å²) >= 11 is 0. The number of nitrogens with zero attached hydrogens (tertiary/aromatic N) is 5. The number of rotatable bonds is 5. The maximum Gasteiger partial charge on any atom is 0.166 e. The van der Waals surface area contributed by atoms with E-state index in [0.29, 0.717) is 29.1 Å². The molecule has 2 aromatic carbocycles. The van der Waals surface area contributed by atoms with Crippen LogP contribution >= 0.6 is 0 Å². The Morgan fingerprint density at radius 3 is 2.27 bits per heavy atom. The summed E-state index contributed by atoms with van der Waals surface area (Å²) in [5.41, 5.74) is 2.82. The van der Waals surface area contributed by atoms with Crippen molar-refractivity contribution in [2.45, 2.75) is 6.92 Å². The largest absolute Gasteiger partial charge is 0.395 e. The summed E-state index contributed by atoms with van der Waals surface area (Å²) in [6.45, 7) is 5.63. The number of fused-ring (bicyclic) bond motifs is 1. The third-order valence-corrected chi connectivity index (χ3v) is 6.14. The van der Waals surface area contributed by atoms with Crippen LogP contribution in [-0.4, -0.2) is 63.9 Å². The Balaban J connectivity index is 1.70. The lowest BCUT2D eigenvalue weighted by Crippen LogP contribution is -2.47. The van der Waals surface area contributed by atoms with Crippen molar-refractivity contribution in [3.63, 3.8) is 0 Å². The maximum absolute atomic E-state index is 14.8. The van der Waals surface area contributed by atoms with Gasteiger partial charge in [-0.2, -0.15) is 9.61 Å². The van der Waals surface area contributed by atoms with Gasteiger partial charge in [-0.15, -0.1) is 0 Å². The van der Waals surface area contributed by atoms with Gasteiger partial charge in [0.05, 0.1) is 29.1 Å². The summed E-state index contributed by atoms with van der Waals surface area (Å²) in [7, 11) is 0. The predicted molar refractivity (Wildman–Crippen MR) is 124 cm³/mol. The molecule has 1 aliphatic heterocycles. The lowest BCUT2D eigenvalue weighted by Gasteiger charge is -2.35. The second-order valence-electron chi connectivity index (χ2n) is 8.21. The molecule has 1 saturated heterocycles. The molecule has 2 aromatic heterocycles. The number of piperazine rings is 1. The molecule has 0 unspecified atom stereocenters. The Morgan fingerprint density at radius 1 is 0.909 bits per heavy atom. The Labute approximate surface area is 190 Å². The Hall–Kier alpha value is -3.36. The van der Waals surface area contributed by atoms with Crippen LogP contribution in [-0.2, 0) is 0 Å². The molecular formula is C25H25F2N5O. The number of hydrogen-bond donors (Lipinski definition) is 1.